The Labute approximate surface area is 166 Å². The molecule has 1 saturated carbocycles. The van der Waals surface area contributed by atoms with E-state index in [4.69, 9.17) is 15.2 Å². The Bertz CT molecular complexity index is 930. The second-order valence-corrected chi connectivity index (χ2v) is 7.69. The molecule has 0 amide bonds. The second kappa shape index (κ2) is 7.86. The van der Waals surface area contributed by atoms with Crippen molar-refractivity contribution >= 4 is 10.9 Å². The van der Waals surface area contributed by atoms with E-state index >= 15 is 0 Å². The fourth-order valence-corrected chi connectivity index (χ4v) is 4.47. The number of para-hydroxylation sites is 1. The molecule has 1 fully saturated rings. The number of ether oxygens (including phenoxy) is 2. The van der Waals surface area contributed by atoms with E-state index in [-0.39, 0.29) is 11.6 Å². The molecule has 4 N–H and O–H groups in total. The first-order chi connectivity index (χ1) is 13.6. The van der Waals surface area contributed by atoms with Crippen molar-refractivity contribution < 1.29 is 9.47 Å². The standard InChI is InChI=1S/C23H29N3O2/c1-27-17-11-16(12-18(13-17)28-2)14-26-22-9-5-6-10-23(22,24)20-15-25-21-8-4-3-7-19(20)21/h3-4,7-8,11-13,15,22,25-26H,5-6,9-10,14,24H2,1-2H3. The van der Waals surface area contributed by atoms with Crippen LogP contribution in [0.1, 0.15) is 36.8 Å². The van der Waals surface area contributed by atoms with Crippen LogP contribution in [0.15, 0.2) is 48.7 Å². The van der Waals surface area contributed by atoms with Gasteiger partial charge in [-0.15, -0.1) is 0 Å². The first kappa shape index (κ1) is 18.8. The van der Waals surface area contributed by atoms with Crippen molar-refractivity contribution in [2.75, 3.05) is 14.2 Å². The molecule has 5 nitrogen and oxygen atoms in total. The molecule has 1 aliphatic carbocycles. The zero-order chi connectivity index (χ0) is 19.6. The smallest absolute Gasteiger partial charge is 0.122 e. The minimum absolute atomic E-state index is 0.206. The number of aromatic nitrogens is 1. The van der Waals surface area contributed by atoms with Gasteiger partial charge in [-0.05, 0) is 42.2 Å². The molecule has 0 radical (unpaired) electrons. The highest BCUT2D eigenvalue weighted by molar-refractivity contribution is 5.84. The van der Waals surface area contributed by atoms with Gasteiger partial charge in [-0.1, -0.05) is 31.0 Å². The highest BCUT2D eigenvalue weighted by Gasteiger charge is 2.40. The van der Waals surface area contributed by atoms with Gasteiger partial charge >= 0.3 is 0 Å². The van der Waals surface area contributed by atoms with Crippen LogP contribution >= 0.6 is 0 Å². The SMILES string of the molecule is COc1cc(CNC2CCCCC2(N)c2c[nH]c3ccccc23)cc(OC)c1. The van der Waals surface area contributed by atoms with Crippen molar-refractivity contribution in [1.29, 1.82) is 0 Å². The Kier molecular flexibility index (Phi) is 5.29. The molecule has 148 valence electrons. The van der Waals surface area contributed by atoms with E-state index in [9.17, 15) is 0 Å². The van der Waals surface area contributed by atoms with Crippen LogP contribution in [0.3, 0.4) is 0 Å². The van der Waals surface area contributed by atoms with Crippen molar-refractivity contribution in [2.24, 2.45) is 5.73 Å². The molecule has 0 spiro atoms. The van der Waals surface area contributed by atoms with E-state index in [0.29, 0.717) is 0 Å². The number of nitrogens with one attached hydrogen (secondary N) is 2. The van der Waals surface area contributed by atoms with Gasteiger partial charge < -0.3 is 25.5 Å². The number of H-pyrrole nitrogens is 1. The van der Waals surface area contributed by atoms with E-state index in [1.54, 1.807) is 14.2 Å². The molecule has 1 aliphatic rings. The maximum Gasteiger partial charge on any atom is 0.122 e. The summed E-state index contributed by atoms with van der Waals surface area (Å²) < 4.78 is 10.8. The highest BCUT2D eigenvalue weighted by atomic mass is 16.5. The lowest BCUT2D eigenvalue weighted by Crippen LogP contribution is -2.56. The maximum atomic E-state index is 7.08. The first-order valence-electron chi connectivity index (χ1n) is 9.95. The molecule has 2 atom stereocenters. The Morgan fingerprint density at radius 2 is 1.86 bits per heavy atom. The van der Waals surface area contributed by atoms with E-state index in [0.717, 1.165) is 48.4 Å². The average Bonchev–Trinajstić information content (AvgIpc) is 3.18. The molecule has 1 heterocycles. The third-order valence-corrected chi connectivity index (χ3v) is 6.01. The molecule has 1 aromatic heterocycles. The normalized spacial score (nSPS) is 22.3. The zero-order valence-electron chi connectivity index (χ0n) is 16.6. The van der Waals surface area contributed by atoms with Crippen LogP contribution in [-0.2, 0) is 12.1 Å². The molecule has 2 aromatic carbocycles. The van der Waals surface area contributed by atoms with Crippen molar-refractivity contribution in [3.63, 3.8) is 0 Å². The van der Waals surface area contributed by atoms with Gasteiger partial charge in [-0.25, -0.2) is 0 Å². The van der Waals surface area contributed by atoms with Crippen LogP contribution in [0.2, 0.25) is 0 Å². The Morgan fingerprint density at radius 3 is 2.61 bits per heavy atom. The van der Waals surface area contributed by atoms with Crippen LogP contribution in [0.4, 0.5) is 0 Å². The van der Waals surface area contributed by atoms with Crippen molar-refractivity contribution in [3.8, 4) is 11.5 Å². The number of nitrogens with two attached hydrogens (primary N) is 1. The number of rotatable bonds is 6. The zero-order valence-corrected chi connectivity index (χ0v) is 16.6. The Balaban J connectivity index is 1.59. The topological polar surface area (TPSA) is 72.3 Å². The molecule has 5 heteroatoms. The third-order valence-electron chi connectivity index (χ3n) is 6.01. The lowest BCUT2D eigenvalue weighted by Gasteiger charge is -2.42. The maximum absolute atomic E-state index is 7.08. The minimum atomic E-state index is -0.388. The predicted octanol–water partition coefficient (Wildman–Crippen LogP) is 4.07. The van der Waals surface area contributed by atoms with Gasteiger partial charge in [-0.3, -0.25) is 0 Å². The summed E-state index contributed by atoms with van der Waals surface area (Å²) in [5, 5.41) is 4.96. The average molecular weight is 380 g/mol. The molecule has 0 saturated heterocycles. The van der Waals surface area contributed by atoms with Crippen LogP contribution in [0.25, 0.3) is 10.9 Å². The number of methoxy groups -OCH3 is 2. The fraction of sp³-hybridized carbons (Fsp3) is 0.391. The summed E-state index contributed by atoms with van der Waals surface area (Å²) in [6.07, 6.45) is 6.49. The van der Waals surface area contributed by atoms with E-state index in [1.165, 1.54) is 17.4 Å². The molecular formula is C23H29N3O2. The summed E-state index contributed by atoms with van der Waals surface area (Å²) in [5.74, 6) is 1.60. The largest absolute Gasteiger partial charge is 0.497 e. The summed E-state index contributed by atoms with van der Waals surface area (Å²) in [5.41, 5.74) is 10.2. The molecule has 3 aromatic rings. The third kappa shape index (κ3) is 3.48. The lowest BCUT2D eigenvalue weighted by molar-refractivity contribution is 0.217. The molecule has 28 heavy (non-hydrogen) atoms. The number of benzene rings is 2. The lowest BCUT2D eigenvalue weighted by atomic mass is 9.73. The van der Waals surface area contributed by atoms with Crippen LogP contribution in [0, 0.1) is 0 Å². The number of hydrogen-bond donors (Lipinski definition) is 3. The second-order valence-electron chi connectivity index (χ2n) is 7.69. The van der Waals surface area contributed by atoms with Gasteiger partial charge in [-0.2, -0.15) is 0 Å². The van der Waals surface area contributed by atoms with Crippen molar-refractivity contribution in [3.05, 3.63) is 59.8 Å². The summed E-state index contributed by atoms with van der Waals surface area (Å²) in [7, 11) is 3.35. The molecule has 2 unspecified atom stereocenters. The first-order valence-corrected chi connectivity index (χ1v) is 9.95. The van der Waals surface area contributed by atoms with Gasteiger partial charge in [0.2, 0.25) is 0 Å². The molecular weight excluding hydrogens is 350 g/mol. The van der Waals surface area contributed by atoms with Gasteiger partial charge in [0.25, 0.3) is 0 Å². The van der Waals surface area contributed by atoms with Crippen LogP contribution < -0.4 is 20.5 Å². The molecule has 0 aliphatic heterocycles. The quantitative estimate of drug-likeness (QED) is 0.604. The van der Waals surface area contributed by atoms with Gasteiger partial charge in [0.15, 0.2) is 0 Å². The fourth-order valence-electron chi connectivity index (χ4n) is 4.47. The number of fused-ring (bicyclic) bond motifs is 1. The van der Waals surface area contributed by atoms with Crippen molar-refractivity contribution in [1.82, 2.24) is 10.3 Å². The Hall–Kier alpha value is -2.50. The highest BCUT2D eigenvalue weighted by Crippen LogP contribution is 2.38. The predicted molar refractivity (Wildman–Crippen MR) is 113 cm³/mol. The number of aromatic amines is 1. The van der Waals surface area contributed by atoms with Crippen molar-refractivity contribution in [2.45, 2.75) is 43.8 Å². The Morgan fingerprint density at radius 1 is 1.11 bits per heavy atom. The van der Waals surface area contributed by atoms with E-state index in [2.05, 4.69) is 40.8 Å². The summed E-state index contributed by atoms with van der Waals surface area (Å²) in [4.78, 5) is 3.39. The minimum Gasteiger partial charge on any atom is -0.497 e. The van der Waals surface area contributed by atoms with E-state index in [1.807, 2.05) is 18.2 Å². The summed E-state index contributed by atoms with van der Waals surface area (Å²) in [6.45, 7) is 0.722. The van der Waals surface area contributed by atoms with Crippen LogP contribution in [0.5, 0.6) is 11.5 Å². The van der Waals surface area contributed by atoms with Crippen LogP contribution in [-0.4, -0.2) is 25.2 Å². The molecule has 4 rings (SSSR count). The summed E-state index contributed by atoms with van der Waals surface area (Å²) >= 11 is 0. The van der Waals surface area contributed by atoms with Gasteiger partial charge in [0.05, 0.1) is 19.8 Å². The van der Waals surface area contributed by atoms with Gasteiger partial charge in [0, 0.05) is 35.8 Å². The number of hydrogen-bond acceptors (Lipinski definition) is 4. The van der Waals surface area contributed by atoms with Gasteiger partial charge in [0.1, 0.15) is 11.5 Å². The monoisotopic (exact) mass is 379 g/mol. The van der Waals surface area contributed by atoms with E-state index < -0.39 is 0 Å². The molecule has 0 bridgehead atoms. The summed E-state index contributed by atoms with van der Waals surface area (Å²) in [6, 6.07) is 14.6.